The van der Waals surface area contributed by atoms with Crippen molar-refractivity contribution in [1.82, 2.24) is 10.2 Å². The van der Waals surface area contributed by atoms with Gasteiger partial charge in [-0.3, -0.25) is 13.9 Å². The van der Waals surface area contributed by atoms with Gasteiger partial charge >= 0.3 is 0 Å². The lowest BCUT2D eigenvalue weighted by atomic mass is 10.1. The molecule has 0 unspecified atom stereocenters. The number of carbonyl (C=O) groups excluding carboxylic acids is 2. The van der Waals surface area contributed by atoms with E-state index in [0.717, 1.165) is 31.9 Å². The maximum atomic E-state index is 13.5. The van der Waals surface area contributed by atoms with Gasteiger partial charge in [0.15, 0.2) is 0 Å². The molecule has 0 bridgehead atoms. The molecule has 1 saturated carbocycles. The number of nitrogens with zero attached hydrogens (tertiary/aromatic N) is 2. The lowest BCUT2D eigenvalue weighted by molar-refractivity contribution is -0.141. The van der Waals surface area contributed by atoms with Crippen LogP contribution in [0.2, 0.25) is 5.02 Å². The van der Waals surface area contributed by atoms with Gasteiger partial charge in [0.25, 0.3) is 0 Å². The Hall–Kier alpha value is -2.85. The third kappa shape index (κ3) is 8.57. The minimum absolute atomic E-state index is 0.0182. The third-order valence-electron chi connectivity index (χ3n) is 6.93. The molecule has 0 aromatic heterocycles. The Morgan fingerprint density at radius 1 is 1.15 bits per heavy atom. The molecule has 3 rings (SSSR count). The zero-order valence-corrected chi connectivity index (χ0v) is 24.2. The minimum Gasteiger partial charge on any atom is -0.495 e. The van der Waals surface area contributed by atoms with Crippen molar-refractivity contribution in [2.24, 2.45) is 0 Å². The average Bonchev–Trinajstić information content (AvgIpc) is 3.39. The fourth-order valence-electron chi connectivity index (χ4n) is 4.89. The molecule has 11 heteroatoms. The number of nitrogens with one attached hydrogen (secondary N) is 1. The van der Waals surface area contributed by atoms with Crippen LogP contribution >= 0.6 is 11.6 Å². The fourth-order valence-corrected chi connectivity index (χ4v) is 6.10. The van der Waals surface area contributed by atoms with Gasteiger partial charge in [0.05, 0.1) is 24.1 Å². The largest absolute Gasteiger partial charge is 0.495 e. The number of benzene rings is 2. The van der Waals surface area contributed by atoms with Crippen molar-refractivity contribution in [3.63, 3.8) is 0 Å². The molecule has 1 fully saturated rings. The van der Waals surface area contributed by atoms with E-state index in [0.29, 0.717) is 23.4 Å². The first kappa shape index (κ1) is 30.7. The van der Waals surface area contributed by atoms with Crippen molar-refractivity contribution in [1.29, 1.82) is 0 Å². The van der Waals surface area contributed by atoms with Gasteiger partial charge in [-0.25, -0.2) is 12.8 Å². The summed E-state index contributed by atoms with van der Waals surface area (Å²) in [7, 11) is -2.20. The van der Waals surface area contributed by atoms with Crippen molar-refractivity contribution in [3.8, 4) is 5.75 Å². The van der Waals surface area contributed by atoms with Crippen LogP contribution in [0.5, 0.6) is 5.75 Å². The van der Waals surface area contributed by atoms with E-state index in [1.165, 1.54) is 34.5 Å². The van der Waals surface area contributed by atoms with Crippen molar-refractivity contribution in [2.75, 3.05) is 24.2 Å². The van der Waals surface area contributed by atoms with Crippen molar-refractivity contribution < 1.29 is 27.1 Å². The highest BCUT2D eigenvalue weighted by Crippen LogP contribution is 2.30. The average molecular weight is 582 g/mol. The smallest absolute Gasteiger partial charge is 0.243 e. The zero-order valence-electron chi connectivity index (χ0n) is 22.7. The predicted octanol–water partition coefficient (Wildman–Crippen LogP) is 4.90. The van der Waals surface area contributed by atoms with Crippen LogP contribution in [0.1, 0.15) is 57.4 Å². The number of hydrogen-bond donors (Lipinski definition) is 1. The summed E-state index contributed by atoms with van der Waals surface area (Å²) < 4.78 is 45.0. The number of carbonyl (C=O) groups is 2. The number of amides is 2. The van der Waals surface area contributed by atoms with Gasteiger partial charge in [0, 0.05) is 25.6 Å². The van der Waals surface area contributed by atoms with E-state index in [1.807, 2.05) is 6.92 Å². The molecule has 2 aromatic rings. The van der Waals surface area contributed by atoms with E-state index in [4.69, 9.17) is 16.3 Å². The molecule has 8 nitrogen and oxygen atoms in total. The monoisotopic (exact) mass is 581 g/mol. The maximum absolute atomic E-state index is 13.5. The van der Waals surface area contributed by atoms with E-state index in [-0.39, 0.29) is 54.6 Å². The molecule has 1 aliphatic rings. The molecule has 0 saturated heterocycles. The number of halogens is 2. The normalized spacial score (nSPS) is 14.6. The summed E-state index contributed by atoms with van der Waals surface area (Å²) in [5.41, 5.74) is 1.06. The van der Waals surface area contributed by atoms with E-state index >= 15 is 0 Å². The van der Waals surface area contributed by atoms with Gasteiger partial charge in [0.2, 0.25) is 21.8 Å². The van der Waals surface area contributed by atoms with Crippen LogP contribution < -0.4 is 14.4 Å². The molecule has 39 heavy (non-hydrogen) atoms. The zero-order chi connectivity index (χ0) is 28.6. The molecule has 214 valence electrons. The Morgan fingerprint density at radius 2 is 1.82 bits per heavy atom. The molecular weight excluding hydrogens is 545 g/mol. The van der Waals surface area contributed by atoms with Crippen LogP contribution in [0, 0.1) is 5.82 Å². The van der Waals surface area contributed by atoms with Crippen LogP contribution in [0.15, 0.2) is 42.5 Å². The molecule has 1 N–H and O–H groups in total. The quantitative estimate of drug-likeness (QED) is 0.363. The Kier molecular flexibility index (Phi) is 11.0. The molecular formula is C28H37ClFN3O5S. The Labute approximate surface area is 235 Å². The highest BCUT2D eigenvalue weighted by molar-refractivity contribution is 7.92. The van der Waals surface area contributed by atoms with Gasteiger partial charge < -0.3 is 15.0 Å². The van der Waals surface area contributed by atoms with Crippen LogP contribution in [0.4, 0.5) is 10.1 Å². The fraction of sp³-hybridized carbons (Fsp3) is 0.500. The van der Waals surface area contributed by atoms with E-state index in [1.54, 1.807) is 24.3 Å². The molecule has 0 aliphatic heterocycles. The molecule has 1 aliphatic carbocycles. The highest BCUT2D eigenvalue weighted by atomic mass is 35.5. The Balaban J connectivity index is 1.76. The minimum atomic E-state index is -3.66. The van der Waals surface area contributed by atoms with Gasteiger partial charge in [-0.2, -0.15) is 0 Å². The molecule has 0 spiro atoms. The second-order valence-corrected chi connectivity index (χ2v) is 12.1. The van der Waals surface area contributed by atoms with Gasteiger partial charge in [-0.05, 0) is 61.6 Å². The molecule has 1 atom stereocenters. The van der Waals surface area contributed by atoms with E-state index in [9.17, 15) is 22.4 Å². The van der Waals surface area contributed by atoms with Crippen LogP contribution in [0.25, 0.3) is 0 Å². The summed E-state index contributed by atoms with van der Waals surface area (Å²) in [6.07, 6.45) is 5.71. The standard InChI is InChI=1S/C28H37ClFN3O5S/c1-4-25(28(35)31-22-8-5-6-9-22)32(19-20-11-13-21(30)14-12-20)27(34)10-7-17-33(39(3,36)37)23-15-16-26(38-2)24(29)18-23/h11-16,18,22,25H,4-10,17,19H2,1-3H3,(H,31,35)/t25-/m0/s1. The summed E-state index contributed by atoms with van der Waals surface area (Å²) >= 11 is 6.21. The van der Waals surface area contributed by atoms with Gasteiger partial charge in [-0.15, -0.1) is 0 Å². The van der Waals surface area contributed by atoms with Crippen molar-refractivity contribution >= 4 is 39.1 Å². The lowest BCUT2D eigenvalue weighted by Gasteiger charge is -2.32. The summed E-state index contributed by atoms with van der Waals surface area (Å²) in [5.74, 6) is -0.455. The van der Waals surface area contributed by atoms with Gasteiger partial charge in [0.1, 0.15) is 17.6 Å². The first-order chi connectivity index (χ1) is 18.5. The summed E-state index contributed by atoms with van der Waals surface area (Å²) in [6, 6.07) is 9.91. The predicted molar refractivity (Wildman–Crippen MR) is 151 cm³/mol. The highest BCUT2D eigenvalue weighted by Gasteiger charge is 2.30. The van der Waals surface area contributed by atoms with Crippen LogP contribution in [-0.2, 0) is 26.2 Å². The third-order valence-corrected chi connectivity index (χ3v) is 8.42. The van der Waals surface area contributed by atoms with Crippen LogP contribution in [-0.4, -0.2) is 57.1 Å². The second kappa shape index (κ2) is 14.0. The molecule has 0 heterocycles. The van der Waals surface area contributed by atoms with Crippen molar-refractivity contribution in [3.05, 3.63) is 58.9 Å². The molecule has 2 aromatic carbocycles. The SMILES string of the molecule is CC[C@@H](C(=O)NC1CCCC1)N(Cc1ccc(F)cc1)C(=O)CCCN(c1ccc(OC)c(Cl)c1)S(C)(=O)=O. The maximum Gasteiger partial charge on any atom is 0.243 e. The van der Waals surface area contributed by atoms with Crippen molar-refractivity contribution in [2.45, 2.75) is 70.5 Å². The number of anilines is 1. The first-order valence-corrected chi connectivity index (χ1v) is 15.4. The number of hydrogen-bond acceptors (Lipinski definition) is 5. The lowest BCUT2D eigenvalue weighted by Crippen LogP contribution is -2.51. The number of methoxy groups -OCH3 is 1. The number of ether oxygens (including phenoxy) is 1. The molecule has 0 radical (unpaired) electrons. The van der Waals surface area contributed by atoms with E-state index in [2.05, 4.69) is 5.32 Å². The topological polar surface area (TPSA) is 96.0 Å². The van der Waals surface area contributed by atoms with Gasteiger partial charge in [-0.1, -0.05) is 43.5 Å². The number of rotatable bonds is 13. The summed E-state index contributed by atoms with van der Waals surface area (Å²) in [4.78, 5) is 28.3. The number of sulfonamides is 1. The summed E-state index contributed by atoms with van der Waals surface area (Å²) in [6.45, 7) is 2.03. The second-order valence-electron chi connectivity index (χ2n) is 9.82. The first-order valence-electron chi connectivity index (χ1n) is 13.2. The summed E-state index contributed by atoms with van der Waals surface area (Å²) in [5, 5.41) is 3.36. The van der Waals surface area contributed by atoms with E-state index < -0.39 is 16.1 Å². The Bertz CT molecular complexity index is 1240. The Morgan fingerprint density at radius 3 is 2.38 bits per heavy atom. The van der Waals surface area contributed by atoms with Crippen LogP contribution in [0.3, 0.4) is 0 Å². The molecule has 2 amide bonds.